The molecule has 1 unspecified atom stereocenters. The van der Waals surface area contributed by atoms with Crippen molar-refractivity contribution in [3.63, 3.8) is 0 Å². The van der Waals surface area contributed by atoms with E-state index in [0.717, 1.165) is 17.1 Å². The highest BCUT2D eigenvalue weighted by atomic mass is 16.5. The van der Waals surface area contributed by atoms with Crippen LogP contribution in [0.2, 0.25) is 0 Å². The average molecular weight is 273 g/mol. The van der Waals surface area contributed by atoms with Crippen LogP contribution in [-0.4, -0.2) is 26.8 Å². The van der Waals surface area contributed by atoms with Crippen molar-refractivity contribution < 1.29 is 4.74 Å². The van der Waals surface area contributed by atoms with Crippen LogP contribution >= 0.6 is 0 Å². The Morgan fingerprint density at radius 3 is 2.90 bits per heavy atom. The second kappa shape index (κ2) is 5.11. The molecule has 6 nitrogen and oxygen atoms in total. The van der Waals surface area contributed by atoms with Crippen LogP contribution in [0.25, 0.3) is 11.4 Å². The molecule has 2 aromatic rings. The molecule has 1 saturated carbocycles. The Balaban J connectivity index is 1.98. The number of hydrogen-bond donors (Lipinski definition) is 1. The summed E-state index contributed by atoms with van der Waals surface area (Å²) in [5, 5.41) is 12.1. The Kier molecular flexibility index (Phi) is 3.30. The van der Waals surface area contributed by atoms with E-state index in [9.17, 15) is 0 Å². The molecule has 20 heavy (non-hydrogen) atoms. The third kappa shape index (κ3) is 2.45. The van der Waals surface area contributed by atoms with Gasteiger partial charge in [-0.2, -0.15) is 0 Å². The molecule has 6 heteroatoms. The fourth-order valence-electron chi connectivity index (χ4n) is 2.44. The van der Waals surface area contributed by atoms with E-state index in [0.29, 0.717) is 24.3 Å². The first-order chi connectivity index (χ1) is 9.69. The number of nitrogens with zero attached hydrogens (tertiary/aromatic N) is 4. The smallest absolute Gasteiger partial charge is 0.182 e. The van der Waals surface area contributed by atoms with Crippen LogP contribution in [0.5, 0.6) is 5.75 Å². The van der Waals surface area contributed by atoms with Crippen molar-refractivity contribution in [3.8, 4) is 17.1 Å². The zero-order valence-electron chi connectivity index (χ0n) is 11.8. The molecule has 2 N–H and O–H groups in total. The summed E-state index contributed by atoms with van der Waals surface area (Å²) >= 11 is 0. The first kappa shape index (κ1) is 12.9. The zero-order chi connectivity index (χ0) is 14.1. The Morgan fingerprint density at radius 2 is 2.20 bits per heavy atom. The number of aromatic nitrogens is 4. The van der Waals surface area contributed by atoms with Crippen LogP contribution in [-0.2, 0) is 0 Å². The molecule has 1 heterocycles. The van der Waals surface area contributed by atoms with Gasteiger partial charge in [-0.05, 0) is 55.2 Å². The predicted molar refractivity (Wildman–Crippen MR) is 76.3 cm³/mol. The molecule has 1 atom stereocenters. The molecule has 0 aliphatic heterocycles. The molecule has 1 aliphatic carbocycles. The second-order valence-corrected chi connectivity index (χ2v) is 5.25. The Morgan fingerprint density at radius 1 is 1.40 bits per heavy atom. The summed E-state index contributed by atoms with van der Waals surface area (Å²) < 4.78 is 7.42. The SMILES string of the molecule is CCOc1cc(N)cc(-c2nnnn2C(C)C2CC2)c1. The van der Waals surface area contributed by atoms with Crippen LogP contribution in [0.4, 0.5) is 5.69 Å². The standard InChI is InChI=1S/C14H19N5O/c1-3-20-13-7-11(6-12(15)8-13)14-16-17-18-19(14)9(2)10-4-5-10/h6-10H,3-5,15H2,1-2H3. The minimum Gasteiger partial charge on any atom is -0.494 e. The van der Waals surface area contributed by atoms with Gasteiger partial charge < -0.3 is 10.5 Å². The number of rotatable bonds is 5. The predicted octanol–water partition coefficient (Wildman–Crippen LogP) is 2.29. The van der Waals surface area contributed by atoms with E-state index in [2.05, 4.69) is 22.4 Å². The first-order valence-corrected chi connectivity index (χ1v) is 7.00. The lowest BCUT2D eigenvalue weighted by Gasteiger charge is -2.13. The number of tetrazole rings is 1. The molecule has 3 rings (SSSR count). The van der Waals surface area contributed by atoms with E-state index in [1.165, 1.54) is 12.8 Å². The van der Waals surface area contributed by atoms with Gasteiger partial charge in [0.15, 0.2) is 5.82 Å². The summed E-state index contributed by atoms with van der Waals surface area (Å²) in [5.74, 6) is 2.18. The molecule has 0 saturated heterocycles. The number of nitrogens with two attached hydrogens (primary N) is 1. The fraction of sp³-hybridized carbons (Fsp3) is 0.500. The van der Waals surface area contributed by atoms with E-state index < -0.39 is 0 Å². The lowest BCUT2D eigenvalue weighted by atomic mass is 10.1. The molecular weight excluding hydrogens is 254 g/mol. The molecule has 1 aliphatic rings. The highest BCUT2D eigenvalue weighted by Crippen LogP contribution is 2.40. The molecular formula is C14H19N5O. The van der Waals surface area contributed by atoms with Gasteiger partial charge in [0.2, 0.25) is 0 Å². The topological polar surface area (TPSA) is 78.8 Å². The van der Waals surface area contributed by atoms with E-state index in [-0.39, 0.29) is 0 Å². The lowest BCUT2D eigenvalue weighted by molar-refractivity contribution is 0.340. The maximum absolute atomic E-state index is 5.94. The summed E-state index contributed by atoms with van der Waals surface area (Å²) in [6.07, 6.45) is 2.50. The van der Waals surface area contributed by atoms with Crippen molar-refractivity contribution in [2.24, 2.45) is 5.92 Å². The van der Waals surface area contributed by atoms with E-state index >= 15 is 0 Å². The first-order valence-electron chi connectivity index (χ1n) is 7.00. The summed E-state index contributed by atoms with van der Waals surface area (Å²) in [4.78, 5) is 0. The quantitative estimate of drug-likeness (QED) is 0.845. The number of ether oxygens (including phenoxy) is 1. The van der Waals surface area contributed by atoms with Crippen LogP contribution in [0.1, 0.15) is 32.7 Å². The van der Waals surface area contributed by atoms with Gasteiger partial charge >= 0.3 is 0 Å². The number of nitrogen functional groups attached to an aromatic ring is 1. The van der Waals surface area contributed by atoms with Crippen molar-refractivity contribution in [2.75, 3.05) is 12.3 Å². The summed E-state index contributed by atoms with van der Waals surface area (Å²) in [7, 11) is 0. The normalized spacial score (nSPS) is 16.1. The number of anilines is 1. The van der Waals surface area contributed by atoms with Gasteiger partial charge in [0.05, 0.1) is 12.6 Å². The van der Waals surface area contributed by atoms with Gasteiger partial charge in [0.1, 0.15) is 5.75 Å². The average Bonchev–Trinajstić information content (AvgIpc) is 3.14. The van der Waals surface area contributed by atoms with Crippen LogP contribution in [0, 0.1) is 5.92 Å². The van der Waals surface area contributed by atoms with Crippen LogP contribution < -0.4 is 10.5 Å². The van der Waals surface area contributed by atoms with Crippen molar-refractivity contribution >= 4 is 5.69 Å². The fourth-order valence-corrected chi connectivity index (χ4v) is 2.44. The zero-order valence-corrected chi connectivity index (χ0v) is 11.8. The monoisotopic (exact) mass is 273 g/mol. The molecule has 0 amide bonds. The maximum atomic E-state index is 5.94. The van der Waals surface area contributed by atoms with Gasteiger partial charge in [0.25, 0.3) is 0 Å². The summed E-state index contributed by atoms with van der Waals surface area (Å²) in [6, 6.07) is 5.94. The molecule has 0 radical (unpaired) electrons. The second-order valence-electron chi connectivity index (χ2n) is 5.25. The van der Waals surface area contributed by atoms with E-state index in [1.54, 1.807) is 0 Å². The number of benzene rings is 1. The minimum atomic E-state index is 0.317. The Bertz CT molecular complexity index is 605. The van der Waals surface area contributed by atoms with Gasteiger partial charge in [-0.25, -0.2) is 4.68 Å². The highest BCUT2D eigenvalue weighted by Gasteiger charge is 2.31. The Hall–Kier alpha value is -2.11. The molecule has 1 fully saturated rings. The highest BCUT2D eigenvalue weighted by molar-refractivity contribution is 5.64. The maximum Gasteiger partial charge on any atom is 0.182 e. The van der Waals surface area contributed by atoms with Crippen molar-refractivity contribution in [1.29, 1.82) is 0 Å². The van der Waals surface area contributed by atoms with Gasteiger partial charge in [0, 0.05) is 17.3 Å². The Labute approximate surface area is 117 Å². The van der Waals surface area contributed by atoms with Crippen LogP contribution in [0.15, 0.2) is 18.2 Å². The molecule has 1 aromatic heterocycles. The van der Waals surface area contributed by atoms with Gasteiger partial charge in [-0.1, -0.05) is 0 Å². The number of hydrogen-bond acceptors (Lipinski definition) is 5. The van der Waals surface area contributed by atoms with E-state index in [4.69, 9.17) is 10.5 Å². The van der Waals surface area contributed by atoms with E-state index in [1.807, 2.05) is 29.8 Å². The third-order valence-electron chi connectivity index (χ3n) is 3.68. The van der Waals surface area contributed by atoms with Crippen molar-refractivity contribution in [1.82, 2.24) is 20.2 Å². The van der Waals surface area contributed by atoms with Crippen LogP contribution in [0.3, 0.4) is 0 Å². The van der Waals surface area contributed by atoms with Gasteiger partial charge in [-0.3, -0.25) is 0 Å². The summed E-state index contributed by atoms with van der Waals surface area (Å²) in [6.45, 7) is 4.71. The summed E-state index contributed by atoms with van der Waals surface area (Å²) in [5.41, 5.74) is 7.48. The van der Waals surface area contributed by atoms with Gasteiger partial charge in [-0.15, -0.1) is 5.10 Å². The molecule has 106 valence electrons. The third-order valence-corrected chi connectivity index (χ3v) is 3.68. The molecule has 0 bridgehead atoms. The minimum absolute atomic E-state index is 0.317. The van der Waals surface area contributed by atoms with Crippen molar-refractivity contribution in [3.05, 3.63) is 18.2 Å². The lowest BCUT2D eigenvalue weighted by Crippen LogP contribution is -2.11. The molecule has 1 aromatic carbocycles. The largest absolute Gasteiger partial charge is 0.494 e. The van der Waals surface area contributed by atoms with Crippen molar-refractivity contribution in [2.45, 2.75) is 32.7 Å². The molecule has 0 spiro atoms.